The molecule has 5 heteroatoms. The van der Waals surface area contributed by atoms with Crippen LogP contribution in [0.2, 0.25) is 0 Å². The maximum Gasteiger partial charge on any atom is 0.141 e. The molecule has 0 bridgehead atoms. The van der Waals surface area contributed by atoms with Crippen LogP contribution >= 0.6 is 15.9 Å². The third-order valence-corrected chi connectivity index (χ3v) is 3.88. The van der Waals surface area contributed by atoms with Gasteiger partial charge in [-0.15, -0.1) is 0 Å². The molecule has 0 spiro atoms. The number of aromatic nitrogens is 2. The molecule has 18 heavy (non-hydrogen) atoms. The number of benzene rings is 1. The van der Waals surface area contributed by atoms with E-state index in [1.807, 2.05) is 0 Å². The number of hydrogen-bond acceptors (Lipinski definition) is 2. The highest BCUT2D eigenvalue weighted by Gasteiger charge is 2.23. The minimum absolute atomic E-state index is 0.251. The van der Waals surface area contributed by atoms with Crippen molar-refractivity contribution in [3.05, 3.63) is 40.4 Å². The van der Waals surface area contributed by atoms with Crippen molar-refractivity contribution < 1.29 is 9.50 Å². The van der Waals surface area contributed by atoms with Crippen LogP contribution in [0.25, 0.3) is 11.4 Å². The van der Waals surface area contributed by atoms with Crippen LogP contribution < -0.4 is 0 Å². The van der Waals surface area contributed by atoms with Gasteiger partial charge in [0, 0.05) is 18.5 Å². The minimum Gasteiger partial charge on any atom is -0.393 e. The molecule has 1 aromatic carbocycles. The number of imidazole rings is 1. The van der Waals surface area contributed by atoms with E-state index in [0.717, 1.165) is 34.7 Å². The number of nitrogens with zero attached hydrogens (tertiary/aromatic N) is 2. The lowest BCUT2D eigenvalue weighted by molar-refractivity contribution is 0.143. The molecule has 0 radical (unpaired) electrons. The monoisotopic (exact) mass is 310 g/mol. The van der Waals surface area contributed by atoms with Gasteiger partial charge in [0.05, 0.1) is 11.8 Å². The van der Waals surface area contributed by atoms with E-state index in [-0.39, 0.29) is 11.9 Å². The zero-order chi connectivity index (χ0) is 12.7. The van der Waals surface area contributed by atoms with E-state index in [4.69, 9.17) is 0 Å². The summed E-state index contributed by atoms with van der Waals surface area (Å²) in [6, 6.07) is 6.32. The van der Waals surface area contributed by atoms with Gasteiger partial charge in [-0.05, 0) is 46.6 Å². The highest BCUT2D eigenvalue weighted by molar-refractivity contribution is 9.10. The van der Waals surface area contributed by atoms with Crippen molar-refractivity contribution in [1.29, 1.82) is 0 Å². The Morgan fingerprint density at radius 3 is 2.78 bits per heavy atom. The van der Waals surface area contributed by atoms with Gasteiger partial charge >= 0.3 is 0 Å². The molecule has 3 nitrogen and oxygen atoms in total. The summed E-state index contributed by atoms with van der Waals surface area (Å²) in [5.41, 5.74) is 1.90. The topological polar surface area (TPSA) is 38.0 Å². The predicted octanol–water partition coefficient (Wildman–Crippen LogP) is 2.76. The zero-order valence-corrected chi connectivity index (χ0v) is 11.2. The van der Waals surface area contributed by atoms with E-state index in [1.54, 1.807) is 12.1 Å². The third-order valence-electron chi connectivity index (χ3n) is 3.24. The first-order valence-electron chi connectivity index (χ1n) is 5.84. The van der Waals surface area contributed by atoms with Crippen molar-refractivity contribution in [1.82, 2.24) is 9.55 Å². The summed E-state index contributed by atoms with van der Waals surface area (Å²) in [7, 11) is 0. The van der Waals surface area contributed by atoms with Gasteiger partial charge in [-0.1, -0.05) is 0 Å². The molecule has 0 fully saturated rings. The molecule has 0 aliphatic carbocycles. The fourth-order valence-corrected chi connectivity index (χ4v) is 2.86. The normalized spacial score (nSPS) is 18.7. The highest BCUT2D eigenvalue weighted by Crippen LogP contribution is 2.30. The Hall–Kier alpha value is -1.20. The predicted molar refractivity (Wildman–Crippen MR) is 69.6 cm³/mol. The number of rotatable bonds is 1. The van der Waals surface area contributed by atoms with Gasteiger partial charge in [-0.25, -0.2) is 9.37 Å². The Bertz CT molecular complexity index is 579. The van der Waals surface area contributed by atoms with Crippen molar-refractivity contribution in [2.45, 2.75) is 25.5 Å². The lowest BCUT2D eigenvalue weighted by Crippen LogP contribution is -2.23. The molecule has 2 heterocycles. The van der Waals surface area contributed by atoms with E-state index >= 15 is 0 Å². The van der Waals surface area contributed by atoms with E-state index in [9.17, 15) is 9.50 Å². The molecule has 0 saturated heterocycles. The van der Waals surface area contributed by atoms with Crippen molar-refractivity contribution in [3.63, 3.8) is 0 Å². The highest BCUT2D eigenvalue weighted by atomic mass is 79.9. The molecule has 1 aromatic heterocycles. The Morgan fingerprint density at radius 2 is 2.06 bits per heavy atom. The van der Waals surface area contributed by atoms with Crippen LogP contribution in [-0.4, -0.2) is 20.8 Å². The Balaban J connectivity index is 2.08. The number of halogens is 2. The smallest absolute Gasteiger partial charge is 0.141 e. The number of aliphatic hydroxyl groups is 1. The average molecular weight is 311 g/mol. The fraction of sp³-hybridized carbons (Fsp3) is 0.308. The summed E-state index contributed by atoms with van der Waals surface area (Å²) in [6.07, 6.45) is 1.03. The van der Waals surface area contributed by atoms with Crippen LogP contribution in [-0.2, 0) is 13.0 Å². The van der Waals surface area contributed by atoms with E-state index in [1.165, 1.54) is 12.1 Å². The molecule has 3 rings (SSSR count). The number of fused-ring (bicyclic) bond motifs is 1. The molecule has 1 aliphatic rings. The Morgan fingerprint density at radius 1 is 1.33 bits per heavy atom. The summed E-state index contributed by atoms with van der Waals surface area (Å²) in [5.74, 6) is 0.572. The standard InChI is InChI=1S/C13H12BrFN2O/c14-12-11-7-10(18)5-6-17(11)13(16-12)8-1-3-9(15)4-2-8/h1-4,10,18H,5-7H2. The van der Waals surface area contributed by atoms with Crippen LogP contribution in [0.3, 0.4) is 0 Å². The number of aliphatic hydroxyl groups excluding tert-OH is 1. The minimum atomic E-state index is -0.299. The van der Waals surface area contributed by atoms with Gasteiger partial charge in [0.1, 0.15) is 16.2 Å². The summed E-state index contributed by atoms with van der Waals surface area (Å²) in [4.78, 5) is 4.47. The largest absolute Gasteiger partial charge is 0.393 e. The molecular weight excluding hydrogens is 299 g/mol. The van der Waals surface area contributed by atoms with Crippen LogP contribution in [0, 0.1) is 5.82 Å². The third kappa shape index (κ3) is 1.97. The lowest BCUT2D eigenvalue weighted by Gasteiger charge is -2.21. The van der Waals surface area contributed by atoms with Gasteiger partial charge in [0.2, 0.25) is 0 Å². The number of hydrogen-bond donors (Lipinski definition) is 1. The molecule has 0 saturated carbocycles. The van der Waals surface area contributed by atoms with Crippen molar-refractivity contribution in [3.8, 4) is 11.4 Å². The molecule has 1 unspecified atom stereocenters. The second kappa shape index (κ2) is 4.48. The second-order valence-corrected chi connectivity index (χ2v) is 5.23. The second-order valence-electron chi connectivity index (χ2n) is 4.48. The quantitative estimate of drug-likeness (QED) is 0.879. The Kier molecular flexibility index (Phi) is 2.95. The molecule has 1 N–H and O–H groups in total. The van der Waals surface area contributed by atoms with Crippen molar-refractivity contribution >= 4 is 15.9 Å². The van der Waals surface area contributed by atoms with E-state index in [0.29, 0.717) is 6.42 Å². The first-order chi connectivity index (χ1) is 8.65. The zero-order valence-electron chi connectivity index (χ0n) is 9.61. The van der Waals surface area contributed by atoms with Gasteiger partial charge in [0.25, 0.3) is 0 Å². The van der Waals surface area contributed by atoms with Gasteiger partial charge < -0.3 is 9.67 Å². The van der Waals surface area contributed by atoms with Crippen molar-refractivity contribution in [2.24, 2.45) is 0 Å². The maximum atomic E-state index is 12.9. The van der Waals surface area contributed by atoms with Gasteiger partial charge in [-0.3, -0.25) is 0 Å². The van der Waals surface area contributed by atoms with E-state index in [2.05, 4.69) is 25.5 Å². The van der Waals surface area contributed by atoms with Gasteiger partial charge in [-0.2, -0.15) is 0 Å². The lowest BCUT2D eigenvalue weighted by atomic mass is 10.1. The maximum absolute atomic E-state index is 12.9. The molecule has 1 aliphatic heterocycles. The molecule has 94 valence electrons. The van der Waals surface area contributed by atoms with E-state index < -0.39 is 0 Å². The summed E-state index contributed by atoms with van der Waals surface area (Å²) >= 11 is 3.42. The molecular formula is C13H12BrFN2O. The molecule has 2 aromatic rings. The summed E-state index contributed by atoms with van der Waals surface area (Å²) < 4.78 is 15.8. The fourth-order valence-electron chi connectivity index (χ4n) is 2.32. The molecule has 0 amide bonds. The SMILES string of the molecule is OC1CCn2c(-c3ccc(F)cc3)nc(Br)c2C1. The molecule has 1 atom stereocenters. The van der Waals surface area contributed by atoms with Gasteiger partial charge in [0.15, 0.2) is 0 Å². The Labute approximate surface area is 112 Å². The van der Waals surface area contributed by atoms with Crippen LogP contribution in [0.1, 0.15) is 12.1 Å². The summed E-state index contributed by atoms with van der Waals surface area (Å²) in [5, 5.41) is 9.69. The van der Waals surface area contributed by atoms with Crippen LogP contribution in [0.15, 0.2) is 28.9 Å². The first-order valence-corrected chi connectivity index (χ1v) is 6.63. The van der Waals surface area contributed by atoms with Crippen LogP contribution in [0.4, 0.5) is 4.39 Å². The van der Waals surface area contributed by atoms with Crippen LogP contribution in [0.5, 0.6) is 0 Å². The van der Waals surface area contributed by atoms with Crippen molar-refractivity contribution in [2.75, 3.05) is 0 Å². The first kappa shape index (κ1) is 11.9. The average Bonchev–Trinajstić information content (AvgIpc) is 2.68. The summed E-state index contributed by atoms with van der Waals surface area (Å²) in [6.45, 7) is 0.738.